The number of aromatic nitrogens is 2. The monoisotopic (exact) mass is 846 g/mol. The smallest absolute Gasteiger partial charge is 0.321 e. The van der Waals surface area contributed by atoms with Gasteiger partial charge < -0.3 is 44.5 Å². The van der Waals surface area contributed by atoms with E-state index < -0.39 is 8.32 Å². The van der Waals surface area contributed by atoms with Gasteiger partial charge in [-0.3, -0.25) is 0 Å². The van der Waals surface area contributed by atoms with Crippen molar-refractivity contribution in [1.29, 1.82) is 0 Å². The van der Waals surface area contributed by atoms with Gasteiger partial charge in [-0.1, -0.05) is 32.9 Å². The fourth-order valence-electron chi connectivity index (χ4n) is 6.09. The number of aromatic hydroxyl groups is 1. The minimum absolute atomic E-state index is 0. The Morgan fingerprint density at radius 3 is 1.41 bits per heavy atom. The number of benzene rings is 2. The number of hydrogen-bond donors (Lipinski definition) is 3. The largest absolute Gasteiger partial charge is 0.544 e. The van der Waals surface area contributed by atoms with Gasteiger partial charge >= 0.3 is 12.1 Å². The third kappa shape index (κ3) is 14.3. The Bertz CT molecular complexity index is 1870. The first kappa shape index (κ1) is 46.6. The number of amides is 4. The molecule has 4 aromatic rings. The van der Waals surface area contributed by atoms with Crippen LogP contribution in [0.25, 0.3) is 0 Å². The molecule has 0 radical (unpaired) electrons. The number of hydrogen-bond acceptors (Lipinski definition) is 9. The van der Waals surface area contributed by atoms with Gasteiger partial charge in [0.25, 0.3) is 0 Å². The average Bonchev–Trinajstić information content (AvgIpc) is 3.81. The molecule has 0 atom stereocenters. The summed E-state index contributed by atoms with van der Waals surface area (Å²) in [6.45, 7) is 22.9. The summed E-state index contributed by atoms with van der Waals surface area (Å²) in [5, 5.41) is 15.3. The van der Waals surface area contributed by atoms with Crippen LogP contribution >= 0.6 is 12.4 Å². The Morgan fingerprint density at radius 1 is 0.661 bits per heavy atom. The van der Waals surface area contributed by atoms with E-state index in [9.17, 15) is 14.7 Å². The predicted octanol–water partition coefficient (Wildman–Crippen LogP) is 8.80. The normalized spacial score (nSPS) is 15.4. The van der Waals surface area contributed by atoms with Gasteiger partial charge in [0.2, 0.25) is 8.32 Å². The van der Waals surface area contributed by atoms with Gasteiger partial charge in [-0.05, 0) is 117 Å². The summed E-state index contributed by atoms with van der Waals surface area (Å²) in [4.78, 5) is 41.9. The highest BCUT2D eigenvalue weighted by Gasteiger charge is 2.39. The van der Waals surface area contributed by atoms with Gasteiger partial charge in [-0.15, -0.1) is 12.4 Å². The van der Waals surface area contributed by atoms with Crippen LogP contribution < -0.4 is 24.9 Å². The zero-order chi connectivity index (χ0) is 41.7. The number of halogens is 1. The van der Waals surface area contributed by atoms with Crippen molar-refractivity contribution >= 4 is 55.8 Å². The Morgan fingerprint density at radius 2 is 1.07 bits per heavy atom. The number of carbonyl (C=O) groups is 2. The first-order chi connectivity index (χ1) is 27.7. The van der Waals surface area contributed by atoms with Crippen LogP contribution in [0.1, 0.15) is 44.7 Å². The second-order valence-corrected chi connectivity index (χ2v) is 21.2. The molecule has 3 aliphatic rings. The van der Waals surface area contributed by atoms with Gasteiger partial charge in [0, 0.05) is 89.3 Å². The summed E-state index contributed by atoms with van der Waals surface area (Å²) in [5.41, 5.74) is 3.75. The number of urea groups is 2. The number of piperazine rings is 2. The molecule has 2 aromatic carbocycles. The molecule has 0 spiro atoms. The molecule has 5 heterocycles. The number of aryl methyl sites for hydroxylation is 2. The lowest BCUT2D eigenvalue weighted by Gasteiger charge is -2.36. The predicted molar refractivity (Wildman–Crippen MR) is 243 cm³/mol. The molecule has 3 aliphatic heterocycles. The zero-order valence-corrected chi connectivity index (χ0v) is 37.6. The van der Waals surface area contributed by atoms with E-state index >= 15 is 0 Å². The molecule has 0 unspecified atom stereocenters. The Kier molecular flexibility index (Phi) is 17.2. The van der Waals surface area contributed by atoms with E-state index in [-0.39, 0.29) is 35.3 Å². The van der Waals surface area contributed by atoms with E-state index in [0.29, 0.717) is 31.9 Å². The SMILES string of the molecule is C1CCOC1.Cc1ccc(N2CCN(C(=O)Nc3ccc(O)cc3)CC2)nc1.Cc1ccc(N2CCN(C(=O)Nc3ccc(O[Si](C)(C)C(C)(C)C)cc3)CC2)nc1.Cl. The molecule has 2 aromatic heterocycles. The quantitative estimate of drug-likeness (QED) is 0.129. The van der Waals surface area contributed by atoms with Crippen molar-refractivity contribution < 1.29 is 23.9 Å². The number of nitrogens with zero attached hydrogens (tertiary/aromatic N) is 6. The third-order valence-electron chi connectivity index (χ3n) is 10.8. The van der Waals surface area contributed by atoms with E-state index in [0.717, 1.165) is 73.6 Å². The van der Waals surface area contributed by atoms with Crippen molar-refractivity contribution in [2.45, 2.75) is 65.6 Å². The topological polar surface area (TPSA) is 136 Å². The van der Waals surface area contributed by atoms with Crippen LogP contribution in [0.2, 0.25) is 18.1 Å². The third-order valence-corrected chi connectivity index (χ3v) is 15.2. The summed E-state index contributed by atoms with van der Waals surface area (Å²) in [6, 6.07) is 22.2. The molecule has 0 aliphatic carbocycles. The summed E-state index contributed by atoms with van der Waals surface area (Å²) in [5.74, 6) is 2.97. The first-order valence-electron chi connectivity index (χ1n) is 20.3. The van der Waals surface area contributed by atoms with Crippen molar-refractivity contribution in [3.8, 4) is 11.5 Å². The molecule has 0 bridgehead atoms. The van der Waals surface area contributed by atoms with Crippen molar-refractivity contribution in [1.82, 2.24) is 19.8 Å². The number of rotatable bonds is 6. The second-order valence-electron chi connectivity index (χ2n) is 16.4. The van der Waals surface area contributed by atoms with E-state index in [1.165, 1.54) is 12.8 Å². The van der Waals surface area contributed by atoms with Crippen LogP contribution in [0.3, 0.4) is 0 Å². The highest BCUT2D eigenvalue weighted by molar-refractivity contribution is 6.74. The van der Waals surface area contributed by atoms with Crippen LogP contribution in [0.4, 0.5) is 32.6 Å². The van der Waals surface area contributed by atoms with Gasteiger partial charge in [0.05, 0.1) is 0 Å². The molecular weight excluding hydrogens is 784 g/mol. The molecule has 0 saturated carbocycles. The standard InChI is InChI=1S/C23H34N4O2Si.C17H20N4O2.C4H8O.ClH/c1-18-7-12-21(24-17-18)26-13-15-27(16-14-26)22(28)25-19-8-10-20(11-9-19)29-30(5,6)23(2,3)4;1-13-2-7-16(18-12-13)20-8-10-21(11-9-20)17(23)19-14-3-5-15(22)6-4-14;1-2-4-5-3-1;/h7-12,17H,13-16H2,1-6H3,(H,25,28);2-7,12,22H,8-11H2,1H3,(H,19,23);1-4H2;1H. The van der Waals surface area contributed by atoms with Gasteiger partial charge in [0.15, 0.2) is 0 Å². The number of carbonyl (C=O) groups excluding carboxylic acids is 2. The molecule has 320 valence electrons. The van der Waals surface area contributed by atoms with Crippen LogP contribution in [0.5, 0.6) is 11.5 Å². The number of ether oxygens (including phenoxy) is 1. The van der Waals surface area contributed by atoms with Crippen molar-refractivity contribution in [2.75, 3.05) is 86.0 Å². The zero-order valence-electron chi connectivity index (χ0n) is 35.7. The Hall–Kier alpha value is -5.05. The summed E-state index contributed by atoms with van der Waals surface area (Å²) >= 11 is 0. The molecule has 3 saturated heterocycles. The highest BCUT2D eigenvalue weighted by atomic mass is 35.5. The maximum Gasteiger partial charge on any atom is 0.321 e. The molecule has 15 heteroatoms. The van der Waals surface area contributed by atoms with E-state index in [1.807, 2.05) is 73.6 Å². The van der Waals surface area contributed by atoms with Crippen molar-refractivity contribution in [3.63, 3.8) is 0 Å². The fraction of sp³-hybridized carbons (Fsp3) is 0.455. The molecular formula is C44H63ClN8O5Si. The molecule has 7 rings (SSSR count). The van der Waals surface area contributed by atoms with Crippen LogP contribution in [0, 0.1) is 13.8 Å². The van der Waals surface area contributed by atoms with Crippen LogP contribution in [0.15, 0.2) is 85.2 Å². The number of anilines is 4. The lowest BCUT2D eigenvalue weighted by atomic mass is 10.2. The lowest BCUT2D eigenvalue weighted by molar-refractivity contribution is 0.198. The summed E-state index contributed by atoms with van der Waals surface area (Å²) in [7, 11) is -1.87. The summed E-state index contributed by atoms with van der Waals surface area (Å²) < 4.78 is 11.3. The van der Waals surface area contributed by atoms with Gasteiger partial charge in [0.1, 0.15) is 23.1 Å². The van der Waals surface area contributed by atoms with Crippen molar-refractivity contribution in [3.05, 3.63) is 96.3 Å². The number of phenolic OH excluding ortho intramolecular Hbond substituents is 1. The maximum absolute atomic E-state index is 12.7. The Labute approximate surface area is 357 Å². The molecule has 3 fully saturated rings. The molecule has 3 N–H and O–H groups in total. The highest BCUT2D eigenvalue weighted by Crippen LogP contribution is 2.37. The van der Waals surface area contributed by atoms with Crippen molar-refractivity contribution in [2.24, 2.45) is 0 Å². The molecule has 59 heavy (non-hydrogen) atoms. The number of phenols is 1. The maximum atomic E-state index is 12.7. The van der Waals surface area contributed by atoms with E-state index in [4.69, 9.17) is 9.16 Å². The van der Waals surface area contributed by atoms with Gasteiger partial charge in [-0.2, -0.15) is 0 Å². The van der Waals surface area contributed by atoms with Crippen LogP contribution in [-0.4, -0.2) is 111 Å². The van der Waals surface area contributed by atoms with E-state index in [2.05, 4.69) is 70.3 Å². The second kappa shape index (κ2) is 21.8. The summed E-state index contributed by atoms with van der Waals surface area (Å²) in [6.07, 6.45) is 6.30. The molecule has 13 nitrogen and oxygen atoms in total. The first-order valence-corrected chi connectivity index (χ1v) is 23.2. The van der Waals surface area contributed by atoms with Crippen LogP contribution in [-0.2, 0) is 4.74 Å². The minimum atomic E-state index is -1.87. The minimum Gasteiger partial charge on any atom is -0.544 e. The fourth-order valence-corrected chi connectivity index (χ4v) is 7.12. The number of nitrogens with one attached hydrogen (secondary N) is 2. The number of pyridine rings is 2. The average molecular weight is 848 g/mol. The lowest BCUT2D eigenvalue weighted by Crippen LogP contribution is -2.50. The molecule has 4 amide bonds. The van der Waals surface area contributed by atoms with E-state index in [1.54, 1.807) is 29.2 Å². The Balaban J connectivity index is 0.000000234. The van der Waals surface area contributed by atoms with Gasteiger partial charge in [-0.25, -0.2) is 19.6 Å².